The second-order valence-corrected chi connectivity index (χ2v) is 6.23. The number of thiophene rings is 1. The van der Waals surface area contributed by atoms with Crippen LogP contribution in [0.5, 0.6) is 0 Å². The molecule has 0 radical (unpaired) electrons. The molecule has 1 aromatic heterocycles. The van der Waals surface area contributed by atoms with Crippen LogP contribution in [-0.2, 0) is 9.53 Å². The van der Waals surface area contributed by atoms with Gasteiger partial charge in [0.25, 0.3) is 0 Å². The average Bonchev–Trinajstić information content (AvgIpc) is 2.87. The Morgan fingerprint density at radius 1 is 1.44 bits per heavy atom. The third kappa shape index (κ3) is 3.05. The van der Waals surface area contributed by atoms with Gasteiger partial charge in [-0.2, -0.15) is 0 Å². The van der Waals surface area contributed by atoms with Gasteiger partial charge in [-0.1, -0.05) is 6.42 Å². The van der Waals surface area contributed by atoms with Gasteiger partial charge in [0, 0.05) is 0 Å². The summed E-state index contributed by atoms with van der Waals surface area (Å²) in [6, 6.07) is 1.74. The van der Waals surface area contributed by atoms with Crippen LogP contribution in [0.15, 0.2) is 11.4 Å². The lowest BCUT2D eigenvalue weighted by Crippen LogP contribution is -2.27. The number of amides is 1. The van der Waals surface area contributed by atoms with Crippen molar-refractivity contribution in [3.8, 4) is 0 Å². The van der Waals surface area contributed by atoms with Crippen molar-refractivity contribution < 1.29 is 14.3 Å². The molecule has 0 aromatic carbocycles. The van der Waals surface area contributed by atoms with E-state index in [0.29, 0.717) is 10.6 Å². The van der Waals surface area contributed by atoms with Crippen molar-refractivity contribution in [1.29, 1.82) is 0 Å². The topological polar surface area (TPSA) is 55.4 Å². The van der Waals surface area contributed by atoms with E-state index in [-0.39, 0.29) is 11.2 Å². The average molecular weight is 285 g/mol. The lowest BCUT2D eigenvalue weighted by Gasteiger charge is -2.20. The third-order valence-corrected chi connectivity index (χ3v) is 5.04. The number of esters is 1. The van der Waals surface area contributed by atoms with Gasteiger partial charge in [0.05, 0.1) is 18.0 Å². The van der Waals surface area contributed by atoms with Gasteiger partial charge in [-0.15, -0.1) is 23.1 Å². The fourth-order valence-electron chi connectivity index (χ4n) is 1.82. The van der Waals surface area contributed by atoms with E-state index in [1.54, 1.807) is 23.2 Å². The number of anilines is 1. The van der Waals surface area contributed by atoms with E-state index in [0.717, 1.165) is 18.6 Å². The Balaban J connectivity index is 2.02. The molecule has 1 atom stereocenters. The number of methoxy groups -OCH3 is 1. The summed E-state index contributed by atoms with van der Waals surface area (Å²) < 4.78 is 4.68. The van der Waals surface area contributed by atoms with E-state index >= 15 is 0 Å². The molecule has 1 unspecified atom stereocenters. The molecule has 0 bridgehead atoms. The molecule has 1 aromatic rings. The van der Waals surface area contributed by atoms with E-state index in [2.05, 4.69) is 10.1 Å². The maximum atomic E-state index is 12.0. The summed E-state index contributed by atoms with van der Waals surface area (Å²) in [5.74, 6) is 0.617. The van der Waals surface area contributed by atoms with Crippen molar-refractivity contribution in [3.63, 3.8) is 0 Å². The van der Waals surface area contributed by atoms with Crippen molar-refractivity contribution in [1.82, 2.24) is 0 Å². The van der Waals surface area contributed by atoms with Crippen LogP contribution in [0.25, 0.3) is 0 Å². The molecule has 6 heteroatoms. The number of carbonyl (C=O) groups excluding carboxylic acids is 2. The van der Waals surface area contributed by atoms with E-state index in [4.69, 9.17) is 0 Å². The van der Waals surface area contributed by atoms with Crippen molar-refractivity contribution in [3.05, 3.63) is 16.3 Å². The smallest absolute Gasteiger partial charge is 0.350 e. The highest BCUT2D eigenvalue weighted by Crippen LogP contribution is 2.28. The van der Waals surface area contributed by atoms with E-state index < -0.39 is 5.97 Å². The molecule has 98 valence electrons. The number of carbonyl (C=O) groups is 2. The molecule has 1 N–H and O–H groups in total. The Labute approximate surface area is 114 Å². The fraction of sp³-hybridized carbons (Fsp3) is 0.500. The molecule has 0 saturated carbocycles. The summed E-state index contributed by atoms with van der Waals surface area (Å²) >= 11 is 2.96. The Morgan fingerprint density at radius 3 is 2.94 bits per heavy atom. The predicted molar refractivity (Wildman–Crippen MR) is 74.4 cm³/mol. The molecule has 1 amide bonds. The van der Waals surface area contributed by atoms with Crippen molar-refractivity contribution in [2.75, 3.05) is 18.2 Å². The van der Waals surface area contributed by atoms with Crippen LogP contribution in [-0.4, -0.2) is 30.0 Å². The largest absolute Gasteiger partial charge is 0.465 e. The number of hydrogen-bond acceptors (Lipinski definition) is 5. The highest BCUT2D eigenvalue weighted by Gasteiger charge is 2.23. The molecule has 1 saturated heterocycles. The van der Waals surface area contributed by atoms with Crippen molar-refractivity contribution in [2.24, 2.45) is 0 Å². The zero-order valence-electron chi connectivity index (χ0n) is 10.1. The van der Waals surface area contributed by atoms with Gasteiger partial charge in [-0.25, -0.2) is 4.79 Å². The summed E-state index contributed by atoms with van der Waals surface area (Å²) in [5, 5.41) is 4.60. The van der Waals surface area contributed by atoms with E-state index in [1.807, 2.05) is 0 Å². The van der Waals surface area contributed by atoms with Gasteiger partial charge in [0.1, 0.15) is 4.88 Å². The van der Waals surface area contributed by atoms with Crippen LogP contribution < -0.4 is 5.32 Å². The fourth-order valence-corrected chi connectivity index (χ4v) is 3.78. The van der Waals surface area contributed by atoms with Gasteiger partial charge in [-0.3, -0.25) is 4.79 Å². The predicted octanol–water partition coefficient (Wildman–Crippen LogP) is 2.76. The van der Waals surface area contributed by atoms with E-state index in [1.165, 1.54) is 24.9 Å². The molecule has 2 heterocycles. The van der Waals surface area contributed by atoms with Crippen LogP contribution in [0.2, 0.25) is 0 Å². The molecule has 18 heavy (non-hydrogen) atoms. The van der Waals surface area contributed by atoms with Crippen molar-refractivity contribution in [2.45, 2.75) is 24.5 Å². The summed E-state index contributed by atoms with van der Waals surface area (Å²) in [7, 11) is 1.34. The molecule has 2 rings (SSSR count). The second kappa shape index (κ2) is 6.24. The monoisotopic (exact) mass is 285 g/mol. The lowest BCUT2D eigenvalue weighted by atomic mass is 10.2. The third-order valence-electron chi connectivity index (χ3n) is 2.77. The number of thioether (sulfide) groups is 1. The Morgan fingerprint density at radius 2 is 2.28 bits per heavy atom. The van der Waals surface area contributed by atoms with Crippen LogP contribution in [0.3, 0.4) is 0 Å². The number of rotatable bonds is 3. The minimum Gasteiger partial charge on any atom is -0.465 e. The van der Waals surface area contributed by atoms with Gasteiger partial charge in [-0.05, 0) is 30.0 Å². The zero-order chi connectivity index (χ0) is 13.0. The second-order valence-electron chi connectivity index (χ2n) is 4.00. The highest BCUT2D eigenvalue weighted by molar-refractivity contribution is 8.00. The maximum absolute atomic E-state index is 12.0. The first kappa shape index (κ1) is 13.4. The SMILES string of the molecule is COC(=O)c1sccc1NC(=O)C1CCCCS1. The number of nitrogens with one attached hydrogen (secondary N) is 1. The number of hydrogen-bond donors (Lipinski definition) is 1. The van der Waals surface area contributed by atoms with Gasteiger partial charge in [0.2, 0.25) is 5.91 Å². The minimum absolute atomic E-state index is 0.00384. The zero-order valence-corrected chi connectivity index (χ0v) is 11.7. The van der Waals surface area contributed by atoms with Crippen LogP contribution in [0.1, 0.15) is 28.9 Å². The standard InChI is InChI=1S/C12H15NO3S2/c1-16-12(15)10-8(5-7-18-10)13-11(14)9-4-2-3-6-17-9/h5,7,9H,2-4,6H2,1H3,(H,13,14). The van der Waals surface area contributed by atoms with Crippen LogP contribution in [0, 0.1) is 0 Å². The summed E-state index contributed by atoms with van der Waals surface area (Å²) in [6.45, 7) is 0. The first-order valence-corrected chi connectivity index (χ1v) is 7.73. The Kier molecular flexibility index (Phi) is 4.66. The normalized spacial score (nSPS) is 19.3. The summed E-state index contributed by atoms with van der Waals surface area (Å²) in [6.07, 6.45) is 3.19. The molecular weight excluding hydrogens is 270 g/mol. The van der Waals surface area contributed by atoms with Crippen LogP contribution >= 0.6 is 23.1 Å². The van der Waals surface area contributed by atoms with Gasteiger partial charge < -0.3 is 10.1 Å². The van der Waals surface area contributed by atoms with Gasteiger partial charge in [0.15, 0.2) is 0 Å². The number of ether oxygens (including phenoxy) is 1. The molecule has 4 nitrogen and oxygen atoms in total. The Hall–Kier alpha value is -1.01. The van der Waals surface area contributed by atoms with Crippen molar-refractivity contribution >= 4 is 40.7 Å². The first-order chi connectivity index (χ1) is 8.72. The molecule has 1 fully saturated rings. The van der Waals surface area contributed by atoms with Crippen LogP contribution in [0.4, 0.5) is 5.69 Å². The summed E-state index contributed by atoms with van der Waals surface area (Å²) in [5.41, 5.74) is 0.558. The maximum Gasteiger partial charge on any atom is 0.350 e. The summed E-state index contributed by atoms with van der Waals surface area (Å²) in [4.78, 5) is 24.0. The molecule has 0 aliphatic carbocycles. The molecule has 1 aliphatic heterocycles. The van der Waals surface area contributed by atoms with E-state index in [9.17, 15) is 9.59 Å². The Bertz CT molecular complexity index is 438. The molecular formula is C12H15NO3S2. The van der Waals surface area contributed by atoms with Gasteiger partial charge >= 0.3 is 5.97 Å². The quantitative estimate of drug-likeness (QED) is 0.868. The highest BCUT2D eigenvalue weighted by atomic mass is 32.2. The first-order valence-electron chi connectivity index (χ1n) is 5.80. The molecule has 1 aliphatic rings. The lowest BCUT2D eigenvalue weighted by molar-refractivity contribution is -0.115. The minimum atomic E-state index is -0.406. The molecule has 0 spiro atoms.